The predicted molar refractivity (Wildman–Crippen MR) is 153 cm³/mol. The summed E-state index contributed by atoms with van der Waals surface area (Å²) in [5.74, 6) is -1.68. The summed E-state index contributed by atoms with van der Waals surface area (Å²) in [7, 11) is 0. The van der Waals surface area contributed by atoms with Gasteiger partial charge in [-0.15, -0.1) is 0 Å². The van der Waals surface area contributed by atoms with Crippen molar-refractivity contribution in [3.63, 3.8) is 0 Å². The number of hydrogen-bond donors (Lipinski definition) is 2. The average Bonchev–Trinajstić information content (AvgIpc) is 3.50. The lowest BCUT2D eigenvalue weighted by Crippen LogP contribution is -2.60. The Morgan fingerprint density at radius 2 is 1.75 bits per heavy atom. The predicted octanol–water partition coefficient (Wildman–Crippen LogP) is 4.44. The number of amides is 3. The Labute approximate surface area is 252 Å². The molecule has 44 heavy (non-hydrogen) atoms. The van der Waals surface area contributed by atoms with Crippen molar-refractivity contribution in [3.05, 3.63) is 36.0 Å². The molecule has 1 aromatic heterocycles. The maximum Gasteiger partial charge on any atom is 0.410 e. The fourth-order valence-electron chi connectivity index (χ4n) is 7.49. The van der Waals surface area contributed by atoms with Crippen molar-refractivity contribution in [1.82, 2.24) is 20.7 Å². The maximum atomic E-state index is 14.5. The molecule has 1 spiro atoms. The summed E-state index contributed by atoms with van der Waals surface area (Å²) in [6.45, 7) is 5.96. The number of pyridine rings is 1. The Kier molecular flexibility index (Phi) is 6.79. The van der Waals surface area contributed by atoms with Gasteiger partial charge in [-0.25, -0.2) is 4.79 Å². The number of ether oxygens (including phenoxy) is 1. The first-order valence-corrected chi connectivity index (χ1v) is 14.8. The standard InChI is InChI=1S/C31H35F3N6O4/c1-27(2,3)44-26(43)40-15-28(16-40)10-8-19(9-11-28)24(41)37-38-25(42)29-14-30(29,31(32,33)34)18-39(17-29)22-7-6-20(13-35)23-21(22)5-4-12-36-23/h4-7,12,19H,8-11,14-18H2,1-3H3,(H,37,41)(H,38,42)/t29-,30-/m0/s1. The number of carbonyl (C=O) groups is 3. The number of aromatic nitrogens is 1. The summed E-state index contributed by atoms with van der Waals surface area (Å²) >= 11 is 0. The smallest absolute Gasteiger partial charge is 0.410 e. The van der Waals surface area contributed by atoms with E-state index in [-0.39, 0.29) is 24.5 Å². The second-order valence-electron chi connectivity index (χ2n) is 13.9. The highest BCUT2D eigenvalue weighted by molar-refractivity contribution is 5.97. The first-order valence-electron chi connectivity index (χ1n) is 14.8. The van der Waals surface area contributed by atoms with Gasteiger partial charge in [0.25, 0.3) is 0 Å². The molecule has 1 aromatic carbocycles. The average molecular weight is 613 g/mol. The van der Waals surface area contributed by atoms with Crippen LogP contribution in [0.4, 0.5) is 23.7 Å². The van der Waals surface area contributed by atoms with Crippen LogP contribution < -0.4 is 15.8 Å². The highest BCUT2D eigenvalue weighted by Gasteiger charge is 2.86. The molecule has 2 atom stereocenters. The largest absolute Gasteiger partial charge is 0.444 e. The van der Waals surface area contributed by atoms with Crippen molar-refractivity contribution < 1.29 is 32.3 Å². The summed E-state index contributed by atoms with van der Waals surface area (Å²) < 4.78 is 48.9. The summed E-state index contributed by atoms with van der Waals surface area (Å²) in [5, 5.41) is 9.98. The summed E-state index contributed by atoms with van der Waals surface area (Å²) in [6.07, 6.45) is -1.30. The summed E-state index contributed by atoms with van der Waals surface area (Å²) in [5.41, 5.74) is 1.25. The molecule has 4 aliphatic rings. The second kappa shape index (κ2) is 9.97. The van der Waals surface area contributed by atoms with E-state index in [0.717, 1.165) is 12.8 Å². The van der Waals surface area contributed by atoms with Gasteiger partial charge in [0, 0.05) is 54.8 Å². The molecule has 0 bridgehead atoms. The van der Waals surface area contributed by atoms with Crippen LogP contribution in [0.5, 0.6) is 0 Å². The molecule has 0 unspecified atom stereocenters. The lowest BCUT2D eigenvalue weighted by atomic mass is 9.66. The van der Waals surface area contributed by atoms with Gasteiger partial charge in [-0.05, 0) is 77.1 Å². The lowest BCUT2D eigenvalue weighted by molar-refractivity contribution is -0.191. The third-order valence-corrected chi connectivity index (χ3v) is 9.92. The van der Waals surface area contributed by atoms with E-state index in [4.69, 9.17) is 4.74 Å². The number of halogens is 3. The fraction of sp³-hybridized carbons (Fsp3) is 0.581. The lowest BCUT2D eigenvalue weighted by Gasteiger charge is -2.53. The number of hydrogen-bond acceptors (Lipinski definition) is 7. The number of benzene rings is 1. The highest BCUT2D eigenvalue weighted by Crippen LogP contribution is 2.75. The molecule has 13 heteroatoms. The minimum Gasteiger partial charge on any atom is -0.444 e. The van der Waals surface area contributed by atoms with Gasteiger partial charge >= 0.3 is 12.3 Å². The Hall–Kier alpha value is -4.08. The number of fused-ring (bicyclic) bond motifs is 2. The van der Waals surface area contributed by atoms with Crippen molar-refractivity contribution in [3.8, 4) is 6.07 Å². The van der Waals surface area contributed by atoms with Crippen LogP contribution in [0.1, 0.15) is 58.4 Å². The number of hydrazine groups is 1. The molecule has 2 N–H and O–H groups in total. The molecule has 6 rings (SSSR count). The topological polar surface area (TPSA) is 128 Å². The number of nitrogens with one attached hydrogen (secondary N) is 2. The van der Waals surface area contributed by atoms with Crippen LogP contribution in [0.25, 0.3) is 10.9 Å². The normalized spacial score (nSPS) is 26.0. The Balaban J connectivity index is 1.08. The summed E-state index contributed by atoms with van der Waals surface area (Å²) in [6, 6.07) is 8.52. The van der Waals surface area contributed by atoms with Crippen LogP contribution in [0.2, 0.25) is 0 Å². The molecular formula is C31H35F3N6O4. The zero-order valence-electron chi connectivity index (χ0n) is 24.9. The molecule has 2 saturated carbocycles. The molecular weight excluding hydrogens is 577 g/mol. The Bertz CT molecular complexity index is 1570. The number of piperidine rings is 1. The molecule has 2 aliphatic heterocycles. The number of likely N-dealkylation sites (tertiary alicyclic amines) is 1. The first kappa shape index (κ1) is 30.0. The first-order chi connectivity index (χ1) is 20.6. The van der Waals surface area contributed by atoms with Crippen LogP contribution in [0, 0.1) is 33.5 Å². The minimum atomic E-state index is -4.64. The number of nitriles is 1. The summed E-state index contributed by atoms with van der Waals surface area (Å²) in [4.78, 5) is 46.1. The van der Waals surface area contributed by atoms with Gasteiger partial charge < -0.3 is 14.5 Å². The van der Waals surface area contributed by atoms with E-state index in [1.54, 1.807) is 23.1 Å². The van der Waals surface area contributed by atoms with Crippen LogP contribution >= 0.6 is 0 Å². The number of alkyl halides is 3. The molecule has 2 aromatic rings. The zero-order chi connectivity index (χ0) is 31.7. The molecule has 10 nitrogen and oxygen atoms in total. The molecule has 2 aliphatic carbocycles. The van der Waals surface area contributed by atoms with Gasteiger partial charge in [0.2, 0.25) is 11.8 Å². The van der Waals surface area contributed by atoms with Crippen molar-refractivity contribution in [2.24, 2.45) is 22.2 Å². The van der Waals surface area contributed by atoms with E-state index in [1.807, 2.05) is 20.8 Å². The molecule has 3 amide bonds. The molecule has 4 fully saturated rings. The maximum absolute atomic E-state index is 14.5. The van der Waals surface area contributed by atoms with Crippen molar-refractivity contribution in [2.45, 2.75) is 64.7 Å². The quantitative estimate of drug-likeness (QED) is 0.491. The van der Waals surface area contributed by atoms with Crippen LogP contribution in [0.15, 0.2) is 30.5 Å². The van der Waals surface area contributed by atoms with Gasteiger partial charge in [-0.2, -0.15) is 18.4 Å². The van der Waals surface area contributed by atoms with Crippen LogP contribution in [0.3, 0.4) is 0 Å². The molecule has 2 saturated heterocycles. The SMILES string of the molecule is CC(C)(C)OC(=O)N1CC2(CCC(C(=O)NNC(=O)[C@]34CN(c5ccc(C#N)c6ncccc56)C[C@@]3(C(F)(F)F)C4)CC2)C1. The molecule has 0 radical (unpaired) electrons. The number of anilines is 1. The Morgan fingerprint density at radius 3 is 2.39 bits per heavy atom. The zero-order valence-corrected chi connectivity index (χ0v) is 24.9. The van der Waals surface area contributed by atoms with E-state index in [0.29, 0.717) is 48.1 Å². The minimum absolute atomic E-state index is 0.0609. The number of nitrogens with zero attached hydrogens (tertiary/aromatic N) is 4. The van der Waals surface area contributed by atoms with Crippen molar-refractivity contribution in [1.29, 1.82) is 5.26 Å². The van der Waals surface area contributed by atoms with Gasteiger partial charge in [0.15, 0.2) is 0 Å². The highest BCUT2D eigenvalue weighted by atomic mass is 19.4. The van der Waals surface area contributed by atoms with E-state index in [1.165, 1.54) is 17.2 Å². The third-order valence-electron chi connectivity index (χ3n) is 9.92. The monoisotopic (exact) mass is 612 g/mol. The number of rotatable bonds is 3. The van der Waals surface area contributed by atoms with E-state index in [2.05, 4.69) is 21.9 Å². The van der Waals surface area contributed by atoms with Crippen LogP contribution in [-0.2, 0) is 14.3 Å². The third kappa shape index (κ3) is 4.79. The van der Waals surface area contributed by atoms with E-state index < -0.39 is 46.9 Å². The van der Waals surface area contributed by atoms with Gasteiger partial charge in [0.05, 0.1) is 16.5 Å². The molecule has 234 valence electrons. The second-order valence-corrected chi connectivity index (χ2v) is 13.9. The van der Waals surface area contributed by atoms with Crippen LogP contribution in [-0.4, -0.2) is 65.7 Å². The number of carbonyl (C=O) groups excluding carboxylic acids is 3. The fourth-order valence-corrected chi connectivity index (χ4v) is 7.49. The van der Waals surface area contributed by atoms with E-state index >= 15 is 0 Å². The Morgan fingerprint density at radius 1 is 1.05 bits per heavy atom. The van der Waals surface area contributed by atoms with Gasteiger partial charge in [-0.3, -0.25) is 25.4 Å². The van der Waals surface area contributed by atoms with Gasteiger partial charge in [0.1, 0.15) is 17.1 Å². The van der Waals surface area contributed by atoms with E-state index in [9.17, 15) is 32.8 Å². The molecule has 3 heterocycles. The van der Waals surface area contributed by atoms with Crippen molar-refractivity contribution >= 4 is 34.5 Å². The van der Waals surface area contributed by atoms with Gasteiger partial charge in [-0.1, -0.05) is 0 Å². The van der Waals surface area contributed by atoms with Crippen molar-refractivity contribution in [2.75, 3.05) is 31.1 Å².